The highest BCUT2D eigenvalue weighted by Gasteiger charge is 2.27. The molecule has 1 fully saturated rings. The maximum atomic E-state index is 13.4. The lowest BCUT2D eigenvalue weighted by Crippen LogP contribution is -2.34. The predicted octanol–water partition coefficient (Wildman–Crippen LogP) is 3.85. The van der Waals surface area contributed by atoms with Crippen LogP contribution in [0.5, 0.6) is 0 Å². The largest absolute Gasteiger partial charge is 0.338 e. The number of amides is 1. The number of halogens is 2. The smallest absolute Gasteiger partial charge is 0.255 e. The Morgan fingerprint density at radius 1 is 1.50 bits per heavy atom. The highest BCUT2D eigenvalue weighted by atomic mass is 79.9. The molecule has 98 valence electrons. The Labute approximate surface area is 115 Å². The summed E-state index contributed by atoms with van der Waals surface area (Å²) in [5, 5.41) is 0. The third kappa shape index (κ3) is 3.10. The van der Waals surface area contributed by atoms with Crippen LogP contribution in [0.25, 0.3) is 0 Å². The minimum absolute atomic E-state index is 0.0740. The number of carbonyl (C=O) groups excluding carboxylic acids is 1. The number of benzene rings is 1. The van der Waals surface area contributed by atoms with Gasteiger partial charge in [0.2, 0.25) is 0 Å². The molecule has 1 aromatic carbocycles. The van der Waals surface area contributed by atoms with Gasteiger partial charge in [-0.1, -0.05) is 13.0 Å². The van der Waals surface area contributed by atoms with Gasteiger partial charge in [-0.05, 0) is 53.2 Å². The van der Waals surface area contributed by atoms with Crippen molar-refractivity contribution < 1.29 is 9.18 Å². The van der Waals surface area contributed by atoms with Crippen molar-refractivity contribution >= 4 is 21.8 Å². The van der Waals surface area contributed by atoms with E-state index in [1.807, 2.05) is 11.8 Å². The lowest BCUT2D eigenvalue weighted by atomic mass is 10.1. The van der Waals surface area contributed by atoms with E-state index in [2.05, 4.69) is 15.9 Å². The summed E-state index contributed by atoms with van der Waals surface area (Å²) in [6, 6.07) is 4.60. The van der Waals surface area contributed by atoms with Gasteiger partial charge in [-0.15, -0.1) is 0 Å². The molecule has 0 atom stereocenters. The van der Waals surface area contributed by atoms with Crippen molar-refractivity contribution in [2.45, 2.75) is 26.2 Å². The van der Waals surface area contributed by atoms with Crippen LogP contribution in [0.4, 0.5) is 4.39 Å². The average Bonchev–Trinajstić information content (AvgIpc) is 3.15. The lowest BCUT2D eigenvalue weighted by Gasteiger charge is -2.22. The molecule has 0 saturated heterocycles. The molecule has 1 aliphatic carbocycles. The lowest BCUT2D eigenvalue weighted by molar-refractivity contribution is 0.0746. The van der Waals surface area contributed by atoms with Crippen LogP contribution in [0.2, 0.25) is 0 Å². The summed E-state index contributed by atoms with van der Waals surface area (Å²) in [7, 11) is 0. The van der Waals surface area contributed by atoms with E-state index in [1.54, 1.807) is 12.1 Å². The fourth-order valence-electron chi connectivity index (χ4n) is 2.00. The second kappa shape index (κ2) is 5.83. The molecule has 1 saturated carbocycles. The highest BCUT2D eigenvalue weighted by molar-refractivity contribution is 9.10. The Morgan fingerprint density at radius 2 is 2.22 bits per heavy atom. The molecule has 0 radical (unpaired) electrons. The fourth-order valence-corrected chi connectivity index (χ4v) is 2.43. The number of hydrogen-bond acceptors (Lipinski definition) is 1. The van der Waals surface area contributed by atoms with E-state index in [0.29, 0.717) is 11.5 Å². The molecule has 0 heterocycles. The van der Waals surface area contributed by atoms with Crippen molar-refractivity contribution in [3.8, 4) is 0 Å². The number of nitrogens with zero attached hydrogens (tertiary/aromatic N) is 1. The molecule has 1 aliphatic rings. The summed E-state index contributed by atoms with van der Waals surface area (Å²) < 4.78 is 13.7. The molecule has 1 amide bonds. The summed E-state index contributed by atoms with van der Waals surface area (Å²) in [5.74, 6) is 0.187. The van der Waals surface area contributed by atoms with Crippen LogP contribution in [0.1, 0.15) is 36.5 Å². The van der Waals surface area contributed by atoms with E-state index in [1.165, 1.54) is 18.9 Å². The standard InChI is InChI=1S/C14H17BrFNO/c1-2-8-17(9-10-6-7-10)14(18)11-4-3-5-12(16)13(11)15/h3-5,10H,2,6-9H2,1H3. The van der Waals surface area contributed by atoms with Gasteiger partial charge in [0.1, 0.15) is 5.82 Å². The van der Waals surface area contributed by atoms with Crippen LogP contribution >= 0.6 is 15.9 Å². The summed E-state index contributed by atoms with van der Waals surface area (Å²) in [6.07, 6.45) is 3.33. The van der Waals surface area contributed by atoms with E-state index in [0.717, 1.165) is 19.5 Å². The Balaban J connectivity index is 2.17. The van der Waals surface area contributed by atoms with Crippen molar-refractivity contribution in [3.05, 3.63) is 34.1 Å². The van der Waals surface area contributed by atoms with Gasteiger partial charge in [-0.2, -0.15) is 0 Å². The summed E-state index contributed by atoms with van der Waals surface area (Å²) >= 11 is 3.16. The first-order valence-corrected chi connectivity index (χ1v) is 7.16. The molecule has 0 aromatic heterocycles. The van der Waals surface area contributed by atoms with Gasteiger partial charge < -0.3 is 4.90 Å². The summed E-state index contributed by atoms with van der Waals surface area (Å²) in [4.78, 5) is 14.2. The molecule has 4 heteroatoms. The van der Waals surface area contributed by atoms with E-state index in [9.17, 15) is 9.18 Å². The summed E-state index contributed by atoms with van der Waals surface area (Å²) in [6.45, 7) is 3.59. The van der Waals surface area contributed by atoms with Crippen LogP contribution in [0.3, 0.4) is 0 Å². The second-order valence-electron chi connectivity index (χ2n) is 4.80. The molecule has 2 nitrogen and oxygen atoms in total. The van der Waals surface area contributed by atoms with Gasteiger partial charge in [0.15, 0.2) is 0 Å². The zero-order valence-corrected chi connectivity index (χ0v) is 12.0. The molecule has 18 heavy (non-hydrogen) atoms. The molecule has 0 unspecified atom stereocenters. The first kappa shape index (κ1) is 13.5. The number of carbonyl (C=O) groups is 1. The SMILES string of the molecule is CCCN(CC1CC1)C(=O)c1cccc(F)c1Br. The topological polar surface area (TPSA) is 20.3 Å². The zero-order valence-electron chi connectivity index (χ0n) is 10.5. The quantitative estimate of drug-likeness (QED) is 0.808. The molecule has 0 spiro atoms. The van der Waals surface area contributed by atoms with Gasteiger partial charge in [0, 0.05) is 13.1 Å². The molecular weight excluding hydrogens is 297 g/mol. The van der Waals surface area contributed by atoms with Crippen molar-refractivity contribution in [2.24, 2.45) is 5.92 Å². The maximum Gasteiger partial charge on any atom is 0.255 e. The Kier molecular flexibility index (Phi) is 4.38. The molecule has 0 N–H and O–H groups in total. The van der Waals surface area contributed by atoms with E-state index in [4.69, 9.17) is 0 Å². The second-order valence-corrected chi connectivity index (χ2v) is 5.59. The Bertz CT molecular complexity index is 445. The van der Waals surface area contributed by atoms with Crippen LogP contribution in [-0.4, -0.2) is 23.9 Å². The van der Waals surface area contributed by atoms with E-state index in [-0.39, 0.29) is 16.2 Å². The molecule has 0 aliphatic heterocycles. The predicted molar refractivity (Wildman–Crippen MR) is 73.0 cm³/mol. The number of hydrogen-bond donors (Lipinski definition) is 0. The van der Waals surface area contributed by atoms with E-state index >= 15 is 0 Å². The average molecular weight is 314 g/mol. The van der Waals surface area contributed by atoms with Crippen LogP contribution in [0, 0.1) is 11.7 Å². The van der Waals surface area contributed by atoms with Crippen LogP contribution in [0.15, 0.2) is 22.7 Å². The third-order valence-corrected chi connectivity index (χ3v) is 3.94. The van der Waals surface area contributed by atoms with Gasteiger partial charge in [0.25, 0.3) is 5.91 Å². The van der Waals surface area contributed by atoms with Gasteiger partial charge in [-0.25, -0.2) is 4.39 Å². The highest BCUT2D eigenvalue weighted by Crippen LogP contribution is 2.31. The van der Waals surface area contributed by atoms with Crippen molar-refractivity contribution in [1.29, 1.82) is 0 Å². The van der Waals surface area contributed by atoms with Gasteiger partial charge in [-0.3, -0.25) is 4.79 Å². The maximum absolute atomic E-state index is 13.4. The van der Waals surface area contributed by atoms with Crippen molar-refractivity contribution in [1.82, 2.24) is 4.90 Å². The molecule has 1 aromatic rings. The monoisotopic (exact) mass is 313 g/mol. The van der Waals surface area contributed by atoms with Gasteiger partial charge >= 0.3 is 0 Å². The van der Waals surface area contributed by atoms with E-state index < -0.39 is 0 Å². The Hall–Kier alpha value is -0.900. The summed E-state index contributed by atoms with van der Waals surface area (Å²) in [5.41, 5.74) is 0.420. The first-order valence-electron chi connectivity index (χ1n) is 6.36. The van der Waals surface area contributed by atoms with Gasteiger partial charge in [0.05, 0.1) is 10.0 Å². The van der Waals surface area contributed by atoms with Crippen LogP contribution in [-0.2, 0) is 0 Å². The molecule has 2 rings (SSSR count). The normalized spacial score (nSPS) is 14.6. The first-order chi connectivity index (χ1) is 8.63. The molecular formula is C14H17BrFNO. The minimum Gasteiger partial charge on any atom is -0.338 e. The number of rotatable bonds is 5. The fraction of sp³-hybridized carbons (Fsp3) is 0.500. The third-order valence-electron chi connectivity index (χ3n) is 3.14. The van der Waals surface area contributed by atoms with Crippen molar-refractivity contribution in [3.63, 3.8) is 0 Å². The van der Waals surface area contributed by atoms with Crippen molar-refractivity contribution in [2.75, 3.05) is 13.1 Å². The molecule has 0 bridgehead atoms. The van der Waals surface area contributed by atoms with Crippen LogP contribution < -0.4 is 0 Å². The minimum atomic E-state index is -0.385. The Morgan fingerprint density at radius 3 is 2.83 bits per heavy atom. The zero-order chi connectivity index (χ0) is 13.1.